The Morgan fingerprint density at radius 3 is 2.62 bits per heavy atom. The summed E-state index contributed by atoms with van der Waals surface area (Å²) in [6.45, 7) is 7.86. The Labute approximate surface area is 205 Å². The van der Waals surface area contributed by atoms with Crippen molar-refractivity contribution in [3.05, 3.63) is 46.9 Å². The number of thiazole rings is 1. The minimum absolute atomic E-state index is 0.482. The Morgan fingerprint density at radius 2 is 1.85 bits per heavy atom. The first kappa shape index (κ1) is 22.1. The SMILES string of the molecule is COc1ccc(-c2nc(C3CCOCC3)n3c2CN(Cc2cnc(N4CCCC4)s2)CC3)cc1. The molecule has 180 valence electrons. The van der Waals surface area contributed by atoms with Gasteiger partial charge in [-0.05, 0) is 49.9 Å². The van der Waals surface area contributed by atoms with Crippen molar-refractivity contribution in [2.24, 2.45) is 0 Å². The van der Waals surface area contributed by atoms with Gasteiger partial charge in [-0.3, -0.25) is 4.90 Å². The summed E-state index contributed by atoms with van der Waals surface area (Å²) < 4.78 is 13.5. The summed E-state index contributed by atoms with van der Waals surface area (Å²) in [5.74, 6) is 2.61. The van der Waals surface area contributed by atoms with Crippen molar-refractivity contribution in [3.8, 4) is 17.0 Å². The first-order chi connectivity index (χ1) is 16.8. The summed E-state index contributed by atoms with van der Waals surface area (Å²) in [6, 6.07) is 8.35. The summed E-state index contributed by atoms with van der Waals surface area (Å²) in [7, 11) is 1.71. The van der Waals surface area contributed by atoms with Crippen LogP contribution in [0.1, 0.15) is 48.0 Å². The lowest BCUT2D eigenvalue weighted by atomic mass is 9.99. The normalized spacial score (nSPS) is 19.5. The monoisotopic (exact) mass is 479 g/mol. The summed E-state index contributed by atoms with van der Waals surface area (Å²) >= 11 is 1.86. The van der Waals surface area contributed by atoms with Gasteiger partial charge in [-0.25, -0.2) is 9.97 Å². The lowest BCUT2D eigenvalue weighted by Crippen LogP contribution is -2.34. The van der Waals surface area contributed by atoms with E-state index in [0.717, 1.165) is 76.8 Å². The van der Waals surface area contributed by atoms with Crippen molar-refractivity contribution in [2.45, 2.75) is 51.2 Å². The van der Waals surface area contributed by atoms with Gasteiger partial charge in [0.2, 0.25) is 0 Å². The van der Waals surface area contributed by atoms with E-state index in [1.165, 1.54) is 39.9 Å². The number of fused-ring (bicyclic) bond motifs is 1. The van der Waals surface area contributed by atoms with Crippen molar-refractivity contribution >= 4 is 16.5 Å². The molecular weight excluding hydrogens is 446 g/mol. The molecule has 2 aromatic heterocycles. The molecule has 6 rings (SSSR count). The molecule has 3 aliphatic rings. The first-order valence-electron chi connectivity index (χ1n) is 12.5. The molecular formula is C26H33N5O2S. The van der Waals surface area contributed by atoms with E-state index < -0.39 is 0 Å². The highest BCUT2D eigenvalue weighted by Crippen LogP contribution is 2.35. The van der Waals surface area contributed by atoms with Crippen LogP contribution in [0.15, 0.2) is 30.5 Å². The zero-order valence-corrected chi connectivity index (χ0v) is 20.7. The molecule has 7 nitrogen and oxygen atoms in total. The number of ether oxygens (including phenoxy) is 2. The minimum atomic E-state index is 0.482. The third-order valence-electron chi connectivity index (χ3n) is 7.36. The highest BCUT2D eigenvalue weighted by Gasteiger charge is 2.30. The van der Waals surface area contributed by atoms with Gasteiger partial charge < -0.3 is 18.9 Å². The second kappa shape index (κ2) is 9.68. The van der Waals surface area contributed by atoms with E-state index in [1.807, 2.05) is 23.5 Å². The number of imidazole rings is 1. The molecule has 1 aromatic carbocycles. The van der Waals surface area contributed by atoms with Gasteiger partial charge in [-0.15, -0.1) is 11.3 Å². The molecule has 8 heteroatoms. The van der Waals surface area contributed by atoms with Crippen LogP contribution < -0.4 is 9.64 Å². The van der Waals surface area contributed by atoms with Crippen molar-refractivity contribution in [1.29, 1.82) is 0 Å². The summed E-state index contributed by atoms with van der Waals surface area (Å²) in [4.78, 5) is 16.3. The Kier molecular flexibility index (Phi) is 6.28. The van der Waals surface area contributed by atoms with Gasteiger partial charge in [-0.2, -0.15) is 0 Å². The van der Waals surface area contributed by atoms with Gasteiger partial charge in [0.05, 0.1) is 18.5 Å². The molecule has 0 N–H and O–H groups in total. The number of rotatable bonds is 6. The van der Waals surface area contributed by atoms with Crippen LogP contribution >= 0.6 is 11.3 Å². The maximum absolute atomic E-state index is 5.64. The van der Waals surface area contributed by atoms with Gasteiger partial charge in [-0.1, -0.05) is 0 Å². The predicted octanol–water partition coefficient (Wildman–Crippen LogP) is 4.53. The van der Waals surface area contributed by atoms with Crippen LogP contribution in [0.4, 0.5) is 5.13 Å². The number of hydrogen-bond donors (Lipinski definition) is 0. The molecule has 0 atom stereocenters. The smallest absolute Gasteiger partial charge is 0.185 e. The average Bonchev–Trinajstić information content (AvgIpc) is 3.65. The molecule has 0 unspecified atom stereocenters. The minimum Gasteiger partial charge on any atom is -0.497 e. The molecule has 5 heterocycles. The third kappa shape index (κ3) is 4.34. The van der Waals surface area contributed by atoms with E-state index >= 15 is 0 Å². The second-order valence-corrected chi connectivity index (χ2v) is 10.6. The molecule has 0 spiro atoms. The molecule has 34 heavy (non-hydrogen) atoms. The fraction of sp³-hybridized carbons (Fsp3) is 0.538. The third-order valence-corrected chi connectivity index (χ3v) is 8.41. The lowest BCUT2D eigenvalue weighted by molar-refractivity contribution is 0.0821. The standard InChI is InChI=1S/C26H33N5O2S/c1-32-21-6-4-19(5-7-21)24-23-18-29(17-22-16-27-26(34-22)30-10-2-3-11-30)12-13-31(23)25(28-24)20-8-14-33-15-9-20/h4-7,16,20H,2-3,8-15,17-18H2,1H3. The average molecular weight is 480 g/mol. The maximum atomic E-state index is 5.64. The van der Waals surface area contributed by atoms with Crippen LogP contribution in [0.2, 0.25) is 0 Å². The number of nitrogens with zero attached hydrogens (tertiary/aromatic N) is 5. The summed E-state index contributed by atoms with van der Waals surface area (Å²) in [6.07, 6.45) is 6.77. The fourth-order valence-corrected chi connectivity index (χ4v) is 6.48. The van der Waals surface area contributed by atoms with E-state index in [-0.39, 0.29) is 0 Å². The fourth-order valence-electron chi connectivity index (χ4n) is 5.48. The van der Waals surface area contributed by atoms with Crippen molar-refractivity contribution in [1.82, 2.24) is 19.4 Å². The molecule has 0 radical (unpaired) electrons. The number of benzene rings is 1. The van der Waals surface area contributed by atoms with Gasteiger partial charge in [0.25, 0.3) is 0 Å². The largest absolute Gasteiger partial charge is 0.497 e. The molecule has 0 aliphatic carbocycles. The lowest BCUT2D eigenvalue weighted by Gasteiger charge is -2.30. The van der Waals surface area contributed by atoms with Crippen molar-refractivity contribution in [3.63, 3.8) is 0 Å². The van der Waals surface area contributed by atoms with Gasteiger partial charge in [0.15, 0.2) is 5.13 Å². The Balaban J connectivity index is 1.27. The van der Waals surface area contributed by atoms with Gasteiger partial charge in [0, 0.05) is 75.0 Å². The molecule has 0 bridgehead atoms. The van der Waals surface area contributed by atoms with E-state index in [4.69, 9.17) is 19.4 Å². The van der Waals surface area contributed by atoms with E-state index in [0.29, 0.717) is 5.92 Å². The number of methoxy groups -OCH3 is 1. The second-order valence-electron chi connectivity index (χ2n) is 9.55. The Morgan fingerprint density at radius 1 is 1.06 bits per heavy atom. The van der Waals surface area contributed by atoms with Crippen LogP contribution in [-0.2, 0) is 24.4 Å². The van der Waals surface area contributed by atoms with E-state index in [1.54, 1.807) is 7.11 Å². The maximum Gasteiger partial charge on any atom is 0.185 e. The molecule has 2 saturated heterocycles. The Hall–Kier alpha value is -2.42. The van der Waals surface area contributed by atoms with E-state index in [9.17, 15) is 0 Å². The van der Waals surface area contributed by atoms with Crippen LogP contribution in [-0.4, -0.2) is 59.4 Å². The van der Waals surface area contributed by atoms with Crippen molar-refractivity contribution < 1.29 is 9.47 Å². The summed E-state index contributed by atoms with van der Waals surface area (Å²) in [5, 5.41) is 1.19. The van der Waals surface area contributed by atoms with Gasteiger partial charge in [0.1, 0.15) is 11.6 Å². The summed E-state index contributed by atoms with van der Waals surface area (Å²) in [5.41, 5.74) is 3.62. The van der Waals surface area contributed by atoms with Crippen molar-refractivity contribution in [2.75, 3.05) is 44.9 Å². The van der Waals surface area contributed by atoms with Gasteiger partial charge >= 0.3 is 0 Å². The highest BCUT2D eigenvalue weighted by molar-refractivity contribution is 7.15. The Bertz CT molecular complexity index is 1110. The molecule has 3 aromatic rings. The topological polar surface area (TPSA) is 55.7 Å². The first-order valence-corrected chi connectivity index (χ1v) is 13.3. The molecule has 3 aliphatic heterocycles. The number of anilines is 1. The van der Waals surface area contributed by atoms with E-state index in [2.05, 4.69) is 32.7 Å². The molecule has 2 fully saturated rings. The zero-order valence-electron chi connectivity index (χ0n) is 19.9. The quantitative estimate of drug-likeness (QED) is 0.518. The van der Waals surface area contributed by atoms with Crippen LogP contribution in [0, 0.1) is 0 Å². The zero-order chi connectivity index (χ0) is 22.9. The molecule has 0 saturated carbocycles. The molecule has 0 amide bonds. The number of hydrogen-bond acceptors (Lipinski definition) is 7. The highest BCUT2D eigenvalue weighted by atomic mass is 32.1. The predicted molar refractivity (Wildman–Crippen MR) is 135 cm³/mol. The van der Waals surface area contributed by atoms with Crippen LogP contribution in [0.3, 0.4) is 0 Å². The van der Waals surface area contributed by atoms with Crippen LogP contribution in [0.25, 0.3) is 11.3 Å². The van der Waals surface area contributed by atoms with Crippen LogP contribution in [0.5, 0.6) is 5.75 Å². The number of aromatic nitrogens is 3.